The summed E-state index contributed by atoms with van der Waals surface area (Å²) in [5.41, 5.74) is 2.74. The van der Waals surface area contributed by atoms with Gasteiger partial charge in [-0.05, 0) is 12.5 Å². The van der Waals surface area contributed by atoms with Crippen molar-refractivity contribution in [2.75, 3.05) is 0 Å². The lowest BCUT2D eigenvalue weighted by Gasteiger charge is -2.06. The van der Waals surface area contributed by atoms with Crippen molar-refractivity contribution >= 4 is 6.29 Å². The number of hydrogen-bond acceptors (Lipinski definition) is 4. The van der Waals surface area contributed by atoms with Crippen molar-refractivity contribution in [3.05, 3.63) is 35.5 Å². The van der Waals surface area contributed by atoms with Crippen molar-refractivity contribution in [2.45, 2.75) is 13.5 Å². The molecule has 0 unspecified atom stereocenters. The van der Waals surface area contributed by atoms with Gasteiger partial charge in [0.25, 0.3) is 0 Å². The Labute approximate surface area is 98.3 Å². The maximum atomic E-state index is 10.9. The smallest absolute Gasteiger partial charge is 0.172 e. The van der Waals surface area contributed by atoms with E-state index in [0.29, 0.717) is 12.0 Å². The number of rotatable bonds is 3. The summed E-state index contributed by atoms with van der Waals surface area (Å²) in [6.45, 7) is 2.01. The molecule has 0 saturated carbocycles. The Bertz CT molecular complexity index is 595. The molecule has 0 radical (unpaired) electrons. The molecule has 0 aliphatic rings. The van der Waals surface area contributed by atoms with Gasteiger partial charge in [-0.2, -0.15) is 5.26 Å². The highest BCUT2D eigenvalue weighted by atomic mass is 16.1. The van der Waals surface area contributed by atoms with Crippen molar-refractivity contribution < 1.29 is 4.79 Å². The van der Waals surface area contributed by atoms with E-state index in [-0.39, 0.29) is 12.2 Å². The number of aryl methyl sites for hydroxylation is 1. The van der Waals surface area contributed by atoms with Gasteiger partial charge in [-0.15, -0.1) is 5.10 Å². The fraction of sp³-hybridized carbons (Fsp3) is 0.167. The lowest BCUT2D eigenvalue weighted by Crippen LogP contribution is -2.02. The topological polar surface area (TPSA) is 71.6 Å². The molecule has 0 aliphatic carbocycles. The fourth-order valence-electron chi connectivity index (χ4n) is 1.70. The Hall–Kier alpha value is -2.48. The van der Waals surface area contributed by atoms with Gasteiger partial charge in [-0.1, -0.05) is 29.5 Å². The van der Waals surface area contributed by atoms with Crippen LogP contribution in [0.5, 0.6) is 0 Å². The number of hydrogen-bond donors (Lipinski definition) is 0. The van der Waals surface area contributed by atoms with Gasteiger partial charge in [0.05, 0.1) is 6.07 Å². The van der Waals surface area contributed by atoms with Gasteiger partial charge in [0, 0.05) is 5.56 Å². The molecule has 2 aromatic rings. The molecule has 0 bridgehead atoms. The average Bonchev–Trinajstić information content (AvgIpc) is 2.73. The van der Waals surface area contributed by atoms with E-state index >= 15 is 0 Å². The minimum absolute atomic E-state index is 0.0739. The third kappa shape index (κ3) is 1.93. The quantitative estimate of drug-likeness (QED) is 0.745. The molecular weight excluding hydrogens is 216 g/mol. The summed E-state index contributed by atoms with van der Waals surface area (Å²) in [5, 5.41) is 16.3. The van der Waals surface area contributed by atoms with Gasteiger partial charge in [-0.25, -0.2) is 4.68 Å². The van der Waals surface area contributed by atoms with E-state index in [4.69, 9.17) is 5.26 Å². The van der Waals surface area contributed by atoms with Crippen molar-refractivity contribution in [1.29, 1.82) is 5.26 Å². The third-order valence-corrected chi connectivity index (χ3v) is 2.49. The second-order valence-electron chi connectivity index (χ2n) is 3.57. The van der Waals surface area contributed by atoms with Gasteiger partial charge >= 0.3 is 0 Å². The molecule has 0 saturated heterocycles. The predicted molar refractivity (Wildman–Crippen MR) is 61.2 cm³/mol. The van der Waals surface area contributed by atoms with Crippen LogP contribution in [0.1, 0.15) is 16.1 Å². The van der Waals surface area contributed by atoms with E-state index < -0.39 is 0 Å². The Morgan fingerprint density at radius 2 is 2.24 bits per heavy atom. The Balaban J connectivity index is 2.65. The van der Waals surface area contributed by atoms with Crippen molar-refractivity contribution in [2.24, 2.45) is 0 Å². The molecule has 17 heavy (non-hydrogen) atoms. The van der Waals surface area contributed by atoms with E-state index in [2.05, 4.69) is 10.3 Å². The first-order valence-electron chi connectivity index (χ1n) is 5.09. The lowest BCUT2D eigenvalue weighted by molar-refractivity contribution is 0.111. The lowest BCUT2D eigenvalue weighted by atomic mass is 10.0. The zero-order valence-corrected chi connectivity index (χ0v) is 9.29. The molecule has 0 fully saturated rings. The molecule has 0 spiro atoms. The van der Waals surface area contributed by atoms with Crippen LogP contribution < -0.4 is 0 Å². The fourth-order valence-corrected chi connectivity index (χ4v) is 1.70. The number of carbonyl (C=O) groups excluding carboxylic acids is 1. The highest BCUT2D eigenvalue weighted by Crippen LogP contribution is 2.24. The van der Waals surface area contributed by atoms with Crippen LogP contribution in [0.3, 0.4) is 0 Å². The molecule has 1 aromatic carbocycles. The molecule has 0 atom stereocenters. The monoisotopic (exact) mass is 226 g/mol. The standard InChI is InChI=1S/C12H10N4O/c1-9-4-2-3-5-10(9)12-11(8-17)14-15-16(12)7-6-13/h2-5,8H,7H2,1H3. The van der Waals surface area contributed by atoms with Gasteiger partial charge in [0.2, 0.25) is 0 Å². The van der Waals surface area contributed by atoms with Crippen LogP contribution in [0.15, 0.2) is 24.3 Å². The molecule has 1 heterocycles. The summed E-state index contributed by atoms with van der Waals surface area (Å²) in [7, 11) is 0. The van der Waals surface area contributed by atoms with Gasteiger partial charge < -0.3 is 0 Å². The highest BCUT2D eigenvalue weighted by molar-refractivity contribution is 5.84. The van der Waals surface area contributed by atoms with Crippen LogP contribution in [-0.4, -0.2) is 21.3 Å². The van der Waals surface area contributed by atoms with Gasteiger partial charge in [0.15, 0.2) is 12.0 Å². The number of aldehydes is 1. The second-order valence-corrected chi connectivity index (χ2v) is 3.57. The maximum absolute atomic E-state index is 10.9. The molecule has 1 aromatic heterocycles. The molecular formula is C12H10N4O. The van der Waals surface area contributed by atoms with Crippen LogP contribution in [0.4, 0.5) is 0 Å². The molecule has 5 heteroatoms. The van der Waals surface area contributed by atoms with Gasteiger partial charge in [0.1, 0.15) is 12.2 Å². The largest absolute Gasteiger partial charge is 0.296 e. The first kappa shape index (κ1) is 11.0. The summed E-state index contributed by atoms with van der Waals surface area (Å²) in [6.07, 6.45) is 0.655. The molecule has 0 N–H and O–H groups in total. The van der Waals surface area contributed by atoms with E-state index in [1.807, 2.05) is 37.3 Å². The molecule has 84 valence electrons. The van der Waals surface area contributed by atoms with E-state index in [0.717, 1.165) is 11.1 Å². The zero-order valence-electron chi connectivity index (χ0n) is 9.29. The summed E-state index contributed by atoms with van der Waals surface area (Å²) < 4.78 is 1.44. The van der Waals surface area contributed by atoms with Gasteiger partial charge in [-0.3, -0.25) is 4.79 Å². The van der Waals surface area contributed by atoms with Crippen molar-refractivity contribution in [1.82, 2.24) is 15.0 Å². The number of aromatic nitrogens is 3. The number of nitriles is 1. The van der Waals surface area contributed by atoms with E-state index in [9.17, 15) is 4.79 Å². The maximum Gasteiger partial charge on any atom is 0.172 e. The molecule has 0 amide bonds. The minimum Gasteiger partial charge on any atom is -0.296 e. The molecule has 0 aliphatic heterocycles. The number of nitrogens with zero attached hydrogens (tertiary/aromatic N) is 4. The van der Waals surface area contributed by atoms with Crippen molar-refractivity contribution in [3.63, 3.8) is 0 Å². The summed E-state index contributed by atoms with van der Waals surface area (Å²) in [4.78, 5) is 10.9. The summed E-state index contributed by atoms with van der Waals surface area (Å²) in [6, 6.07) is 9.61. The Morgan fingerprint density at radius 3 is 2.88 bits per heavy atom. The predicted octanol–water partition coefficient (Wildman–Crippen LogP) is 1.59. The molecule has 2 rings (SSSR count). The molecule has 5 nitrogen and oxygen atoms in total. The Kier molecular flexibility index (Phi) is 2.97. The number of benzene rings is 1. The average molecular weight is 226 g/mol. The van der Waals surface area contributed by atoms with Crippen LogP contribution in [0, 0.1) is 18.3 Å². The van der Waals surface area contributed by atoms with Crippen LogP contribution in [0.25, 0.3) is 11.3 Å². The minimum atomic E-state index is 0.0739. The normalized spacial score (nSPS) is 9.88. The number of carbonyl (C=O) groups is 1. The zero-order chi connectivity index (χ0) is 12.3. The second kappa shape index (κ2) is 4.58. The van der Waals surface area contributed by atoms with Crippen LogP contribution in [-0.2, 0) is 6.54 Å². The van der Waals surface area contributed by atoms with E-state index in [1.54, 1.807) is 0 Å². The SMILES string of the molecule is Cc1ccccc1-c1c(C=O)nnn1CC#N. The summed E-state index contributed by atoms with van der Waals surface area (Å²) in [5.74, 6) is 0. The Morgan fingerprint density at radius 1 is 1.47 bits per heavy atom. The van der Waals surface area contributed by atoms with E-state index in [1.165, 1.54) is 4.68 Å². The van der Waals surface area contributed by atoms with Crippen molar-refractivity contribution in [3.8, 4) is 17.3 Å². The first-order chi connectivity index (χ1) is 8.27. The summed E-state index contributed by atoms with van der Waals surface area (Å²) >= 11 is 0. The van der Waals surface area contributed by atoms with Crippen LogP contribution in [0.2, 0.25) is 0 Å². The third-order valence-electron chi connectivity index (χ3n) is 2.49. The van der Waals surface area contributed by atoms with Crippen LogP contribution >= 0.6 is 0 Å². The first-order valence-corrected chi connectivity index (χ1v) is 5.09. The highest BCUT2D eigenvalue weighted by Gasteiger charge is 2.15.